The van der Waals surface area contributed by atoms with E-state index in [9.17, 15) is 0 Å². The molecule has 8 aromatic carbocycles. The molecule has 276 valence electrons. The molecular weight excluding hydrogens is 719 g/mol. The molecule has 1 nitrogen and oxygen atoms in total. The van der Waals surface area contributed by atoms with Gasteiger partial charge in [0.2, 0.25) is 0 Å². The van der Waals surface area contributed by atoms with Gasteiger partial charge in [-0.25, -0.2) is 0 Å². The number of thiophene rings is 1. The molecule has 1 atom stereocenters. The molecule has 0 amide bonds. The highest BCUT2D eigenvalue weighted by molar-refractivity contribution is 7.25. The van der Waals surface area contributed by atoms with Gasteiger partial charge in [-0.05, 0) is 88.3 Å². The monoisotopic (exact) mass is 759 g/mol. The van der Waals surface area contributed by atoms with E-state index in [0.717, 1.165) is 17.1 Å². The Bertz CT molecular complexity index is 3040. The van der Waals surface area contributed by atoms with E-state index in [1.807, 2.05) is 23.5 Å². The van der Waals surface area contributed by atoms with E-state index < -0.39 is 5.41 Å². The number of hydrogen-bond acceptors (Lipinski definition) is 2. The topological polar surface area (TPSA) is 3.24 Å². The van der Waals surface area contributed by atoms with Crippen molar-refractivity contribution in [1.29, 1.82) is 0 Å². The fourth-order valence-electron chi connectivity index (χ4n) is 9.21. The van der Waals surface area contributed by atoms with Gasteiger partial charge in [0, 0.05) is 37.0 Å². The molecule has 1 heterocycles. The number of anilines is 3. The Balaban J connectivity index is 1.26. The molecule has 0 saturated carbocycles. The Morgan fingerprint density at radius 1 is 0.500 bits per heavy atom. The van der Waals surface area contributed by atoms with Crippen molar-refractivity contribution in [3.8, 4) is 33.4 Å². The third kappa shape index (κ3) is 5.76. The van der Waals surface area contributed by atoms with Crippen LogP contribution in [-0.2, 0) is 5.41 Å². The van der Waals surface area contributed by atoms with Crippen molar-refractivity contribution in [3.05, 3.63) is 247 Å². The molecule has 0 spiro atoms. The van der Waals surface area contributed by atoms with Crippen LogP contribution >= 0.6 is 11.3 Å². The number of nitrogens with zero attached hydrogens (tertiary/aromatic N) is 1. The first kappa shape index (κ1) is 35.4. The van der Waals surface area contributed by atoms with Crippen LogP contribution in [0.25, 0.3) is 53.6 Å². The molecule has 0 N–H and O–H groups in total. The summed E-state index contributed by atoms with van der Waals surface area (Å²) < 4.78 is 2.61. The van der Waals surface area contributed by atoms with Crippen molar-refractivity contribution in [2.24, 2.45) is 0 Å². The first-order valence-corrected chi connectivity index (χ1v) is 20.7. The summed E-state index contributed by atoms with van der Waals surface area (Å²) in [6.45, 7) is 6.23. The molecule has 0 bridgehead atoms. The van der Waals surface area contributed by atoms with Gasteiger partial charge >= 0.3 is 0 Å². The van der Waals surface area contributed by atoms with Crippen molar-refractivity contribution in [2.45, 2.75) is 12.3 Å². The van der Waals surface area contributed by atoms with Gasteiger partial charge in [0.25, 0.3) is 0 Å². The van der Waals surface area contributed by atoms with Crippen LogP contribution in [0.15, 0.2) is 231 Å². The Labute approximate surface area is 344 Å². The number of rotatable bonds is 9. The van der Waals surface area contributed by atoms with Crippen molar-refractivity contribution in [3.63, 3.8) is 0 Å². The standard InChI is InChI=1S/C56H41NS/c1-3-4-7-20-39(2)56(42-23-10-6-11-24-42)50-29-16-12-27-46(50)47-35-34-43(38-51(47)56)57(52-30-17-13-25-44(52)40-21-8-5-9-22-40)53-31-18-14-26-45(53)41-33-36-55-49(37-41)48-28-15-19-32-54(48)58-55/h3-38H,1H2,2H3/b7-4-,39-20+. The van der Waals surface area contributed by atoms with Crippen LogP contribution in [0.1, 0.15) is 23.6 Å². The third-order valence-electron chi connectivity index (χ3n) is 11.7. The highest BCUT2D eigenvalue weighted by Gasteiger charge is 2.46. The van der Waals surface area contributed by atoms with Gasteiger partial charge in [-0.1, -0.05) is 188 Å². The Morgan fingerprint density at radius 3 is 1.86 bits per heavy atom. The van der Waals surface area contributed by atoms with Gasteiger partial charge in [0.1, 0.15) is 0 Å². The van der Waals surface area contributed by atoms with Crippen LogP contribution in [0.3, 0.4) is 0 Å². The van der Waals surface area contributed by atoms with Crippen LogP contribution in [0.5, 0.6) is 0 Å². The van der Waals surface area contributed by atoms with E-state index in [-0.39, 0.29) is 0 Å². The summed E-state index contributed by atoms with van der Waals surface area (Å²) in [7, 11) is 0. The number of allylic oxidation sites excluding steroid dienone is 5. The largest absolute Gasteiger partial charge is 0.309 e. The van der Waals surface area contributed by atoms with E-state index in [1.54, 1.807) is 0 Å². The Kier molecular flexibility index (Phi) is 9.05. The molecule has 0 radical (unpaired) electrons. The van der Waals surface area contributed by atoms with Gasteiger partial charge in [-0.2, -0.15) is 0 Å². The highest BCUT2D eigenvalue weighted by Crippen LogP contribution is 2.58. The molecule has 10 rings (SSSR count). The van der Waals surface area contributed by atoms with E-state index in [4.69, 9.17) is 0 Å². The maximum Gasteiger partial charge on any atom is 0.0674 e. The molecule has 58 heavy (non-hydrogen) atoms. The van der Waals surface area contributed by atoms with Crippen LogP contribution < -0.4 is 4.90 Å². The number of hydrogen-bond donors (Lipinski definition) is 0. The minimum atomic E-state index is -0.524. The van der Waals surface area contributed by atoms with Gasteiger partial charge in [0.05, 0.1) is 16.8 Å². The molecule has 1 aromatic heterocycles. The number of benzene rings is 8. The second kappa shape index (κ2) is 14.8. The molecule has 9 aromatic rings. The predicted octanol–water partition coefficient (Wildman–Crippen LogP) is 15.9. The van der Waals surface area contributed by atoms with Crippen molar-refractivity contribution in [2.75, 3.05) is 4.90 Å². The maximum absolute atomic E-state index is 3.95. The van der Waals surface area contributed by atoms with E-state index in [2.05, 4.69) is 225 Å². The van der Waals surface area contributed by atoms with Gasteiger partial charge in [0.15, 0.2) is 0 Å². The van der Waals surface area contributed by atoms with Crippen molar-refractivity contribution in [1.82, 2.24) is 0 Å². The first-order chi connectivity index (χ1) is 28.7. The maximum atomic E-state index is 3.95. The molecule has 0 aliphatic heterocycles. The number of fused-ring (bicyclic) bond motifs is 6. The molecule has 1 unspecified atom stereocenters. The fourth-order valence-corrected chi connectivity index (χ4v) is 10.3. The highest BCUT2D eigenvalue weighted by atomic mass is 32.1. The van der Waals surface area contributed by atoms with E-state index in [0.29, 0.717) is 0 Å². The van der Waals surface area contributed by atoms with Gasteiger partial charge in [-0.3, -0.25) is 0 Å². The average Bonchev–Trinajstić information content (AvgIpc) is 3.81. The molecule has 2 heteroatoms. The minimum Gasteiger partial charge on any atom is -0.309 e. The zero-order chi connectivity index (χ0) is 39.1. The summed E-state index contributed by atoms with van der Waals surface area (Å²) in [4.78, 5) is 2.49. The normalized spacial score (nSPS) is 14.8. The van der Waals surface area contributed by atoms with Crippen LogP contribution in [-0.4, -0.2) is 0 Å². The zero-order valence-electron chi connectivity index (χ0n) is 32.3. The summed E-state index contributed by atoms with van der Waals surface area (Å²) in [5.41, 5.74) is 15.1. The molecular formula is C56H41NS. The molecule has 0 fully saturated rings. The zero-order valence-corrected chi connectivity index (χ0v) is 33.2. The fraction of sp³-hybridized carbons (Fsp3) is 0.0357. The lowest BCUT2D eigenvalue weighted by molar-refractivity contribution is 0.746. The van der Waals surface area contributed by atoms with Gasteiger partial charge in [-0.15, -0.1) is 11.3 Å². The lowest BCUT2D eigenvalue weighted by Crippen LogP contribution is -2.28. The van der Waals surface area contributed by atoms with Crippen LogP contribution in [0.2, 0.25) is 0 Å². The SMILES string of the molecule is C=C/C=C\C=C(/C)C1(c2ccccc2)c2ccccc2-c2ccc(N(c3ccccc3-c3ccccc3)c3ccccc3-c3ccc4sc5ccccc5c4c3)cc21. The Morgan fingerprint density at radius 2 is 1.10 bits per heavy atom. The molecule has 1 aliphatic carbocycles. The van der Waals surface area contributed by atoms with Crippen molar-refractivity contribution < 1.29 is 0 Å². The predicted molar refractivity (Wildman–Crippen MR) is 250 cm³/mol. The van der Waals surface area contributed by atoms with E-state index in [1.165, 1.54) is 75.8 Å². The summed E-state index contributed by atoms with van der Waals surface area (Å²) in [6.07, 6.45) is 8.22. The summed E-state index contributed by atoms with van der Waals surface area (Å²) in [5.74, 6) is 0. The average molecular weight is 760 g/mol. The lowest BCUT2D eigenvalue weighted by Gasteiger charge is -2.36. The van der Waals surface area contributed by atoms with Crippen LogP contribution in [0.4, 0.5) is 17.1 Å². The van der Waals surface area contributed by atoms with Crippen LogP contribution in [0, 0.1) is 0 Å². The quantitative estimate of drug-likeness (QED) is 0.133. The summed E-state index contributed by atoms with van der Waals surface area (Å²) >= 11 is 1.86. The minimum absolute atomic E-state index is 0.524. The van der Waals surface area contributed by atoms with E-state index >= 15 is 0 Å². The summed E-state index contributed by atoms with van der Waals surface area (Å²) in [5, 5.41) is 2.59. The lowest BCUT2D eigenvalue weighted by atomic mass is 9.67. The van der Waals surface area contributed by atoms with Gasteiger partial charge < -0.3 is 4.90 Å². The van der Waals surface area contributed by atoms with Crippen molar-refractivity contribution >= 4 is 48.6 Å². The second-order valence-electron chi connectivity index (χ2n) is 14.9. The third-order valence-corrected chi connectivity index (χ3v) is 12.9. The number of para-hydroxylation sites is 2. The molecule has 0 saturated heterocycles. The Hall–Kier alpha value is -7.00. The summed E-state index contributed by atoms with van der Waals surface area (Å²) in [6, 6.07) is 71.3. The second-order valence-corrected chi connectivity index (χ2v) is 16.0. The molecule has 1 aliphatic rings. The first-order valence-electron chi connectivity index (χ1n) is 19.9. The smallest absolute Gasteiger partial charge is 0.0674 e.